The summed E-state index contributed by atoms with van der Waals surface area (Å²) in [5.41, 5.74) is -0.134. The second-order valence-corrected chi connectivity index (χ2v) is 5.86. The number of alkyl carbamates (subject to hydrolysis) is 1. The molecule has 0 unspecified atom stereocenters. The maximum absolute atomic E-state index is 11.4. The fraction of sp³-hybridized carbons (Fsp3) is 0.467. The van der Waals surface area contributed by atoms with Crippen LogP contribution in [0.25, 0.3) is 0 Å². The maximum atomic E-state index is 11.4. The normalized spacial score (nSPS) is 10.7. The van der Waals surface area contributed by atoms with E-state index in [-0.39, 0.29) is 11.3 Å². The first kappa shape index (κ1) is 18.4. The van der Waals surface area contributed by atoms with Gasteiger partial charge < -0.3 is 15.4 Å². The minimum Gasteiger partial charge on any atom is -0.444 e. The molecule has 8 nitrogen and oxygen atoms in total. The van der Waals surface area contributed by atoms with Crippen LogP contribution >= 0.6 is 0 Å². The molecule has 8 heteroatoms. The molecular formula is C15H21N3O5. The summed E-state index contributed by atoms with van der Waals surface area (Å²) in [7, 11) is 0. The van der Waals surface area contributed by atoms with Crippen molar-refractivity contribution in [1.29, 1.82) is 0 Å². The predicted octanol–water partition coefficient (Wildman–Crippen LogP) is 2.73. The molecule has 0 aromatic heterocycles. The summed E-state index contributed by atoms with van der Waals surface area (Å²) in [6.07, 6.45) is 0.617. The zero-order valence-electron chi connectivity index (χ0n) is 13.4. The van der Waals surface area contributed by atoms with Crippen LogP contribution in [-0.4, -0.2) is 36.0 Å². The molecule has 0 aliphatic carbocycles. The number of nitrogens with zero attached hydrogens (tertiary/aromatic N) is 1. The maximum Gasteiger partial charge on any atom is 0.407 e. The van der Waals surface area contributed by atoms with Crippen LogP contribution in [0.3, 0.4) is 0 Å². The summed E-state index contributed by atoms with van der Waals surface area (Å²) >= 11 is 0. The molecule has 1 aromatic carbocycles. The van der Waals surface area contributed by atoms with E-state index >= 15 is 0 Å². The second-order valence-electron chi connectivity index (χ2n) is 5.86. The molecule has 126 valence electrons. The lowest BCUT2D eigenvalue weighted by Gasteiger charge is -2.19. The number of nitro benzene ring substituents is 1. The van der Waals surface area contributed by atoms with Crippen LogP contribution in [0, 0.1) is 10.1 Å². The average molecular weight is 323 g/mol. The SMILES string of the molecule is CC(C)(C)OC(=O)NCCCNc1ccc(C=O)cc1[N+](=O)[O-]. The lowest BCUT2D eigenvalue weighted by molar-refractivity contribution is -0.384. The van der Waals surface area contributed by atoms with Crippen molar-refractivity contribution in [3.63, 3.8) is 0 Å². The number of hydrogen-bond acceptors (Lipinski definition) is 6. The lowest BCUT2D eigenvalue weighted by atomic mass is 10.2. The van der Waals surface area contributed by atoms with Crippen LogP contribution in [0.15, 0.2) is 18.2 Å². The van der Waals surface area contributed by atoms with E-state index in [4.69, 9.17) is 4.74 Å². The Kier molecular flexibility index (Phi) is 6.49. The number of carbonyl (C=O) groups is 2. The number of rotatable bonds is 7. The highest BCUT2D eigenvalue weighted by molar-refractivity contribution is 5.79. The van der Waals surface area contributed by atoms with Crippen molar-refractivity contribution in [3.05, 3.63) is 33.9 Å². The molecule has 1 aromatic rings. The largest absolute Gasteiger partial charge is 0.444 e. The summed E-state index contributed by atoms with van der Waals surface area (Å²) in [6, 6.07) is 4.21. The first-order chi connectivity index (χ1) is 10.7. The zero-order chi connectivity index (χ0) is 17.5. The Balaban J connectivity index is 2.43. The number of ether oxygens (including phenoxy) is 1. The summed E-state index contributed by atoms with van der Waals surface area (Å²) in [4.78, 5) is 32.5. The predicted molar refractivity (Wildman–Crippen MR) is 85.8 cm³/mol. The van der Waals surface area contributed by atoms with Crippen molar-refractivity contribution in [3.8, 4) is 0 Å². The lowest BCUT2D eigenvalue weighted by Crippen LogP contribution is -2.33. The van der Waals surface area contributed by atoms with Crippen LogP contribution in [0.2, 0.25) is 0 Å². The third-order valence-corrected chi connectivity index (χ3v) is 2.69. The van der Waals surface area contributed by atoms with E-state index in [0.29, 0.717) is 31.5 Å². The minimum absolute atomic E-state index is 0.158. The molecular weight excluding hydrogens is 302 g/mol. The van der Waals surface area contributed by atoms with Crippen LogP contribution in [0.4, 0.5) is 16.2 Å². The van der Waals surface area contributed by atoms with Gasteiger partial charge in [-0.15, -0.1) is 0 Å². The van der Waals surface area contributed by atoms with Crippen molar-refractivity contribution >= 4 is 23.8 Å². The molecule has 0 fully saturated rings. The Labute approximate surface area is 134 Å². The van der Waals surface area contributed by atoms with Crippen LogP contribution in [0.1, 0.15) is 37.6 Å². The van der Waals surface area contributed by atoms with Crippen molar-refractivity contribution in [2.45, 2.75) is 32.8 Å². The molecule has 0 heterocycles. The van der Waals surface area contributed by atoms with E-state index in [2.05, 4.69) is 10.6 Å². The second kappa shape index (κ2) is 8.11. The van der Waals surface area contributed by atoms with Gasteiger partial charge in [0.1, 0.15) is 17.6 Å². The van der Waals surface area contributed by atoms with Gasteiger partial charge in [-0.1, -0.05) is 0 Å². The Morgan fingerprint density at radius 2 is 2.04 bits per heavy atom. The number of anilines is 1. The Morgan fingerprint density at radius 1 is 1.35 bits per heavy atom. The number of benzene rings is 1. The minimum atomic E-state index is -0.552. The van der Waals surface area contributed by atoms with Gasteiger partial charge in [0.25, 0.3) is 5.69 Å². The van der Waals surface area contributed by atoms with Gasteiger partial charge in [0.15, 0.2) is 0 Å². The molecule has 1 rings (SSSR count). The number of hydrogen-bond donors (Lipinski definition) is 2. The molecule has 0 atom stereocenters. The standard InChI is InChI=1S/C15H21N3O5/c1-15(2,3)23-14(20)17-8-4-7-16-12-6-5-11(10-19)9-13(12)18(21)22/h5-6,9-10,16H,4,7-8H2,1-3H3,(H,17,20). The van der Waals surface area contributed by atoms with Gasteiger partial charge in [-0.2, -0.15) is 0 Å². The number of nitro groups is 1. The van der Waals surface area contributed by atoms with Crippen LogP contribution in [0.5, 0.6) is 0 Å². The highest BCUT2D eigenvalue weighted by Gasteiger charge is 2.16. The van der Waals surface area contributed by atoms with E-state index in [9.17, 15) is 19.7 Å². The molecule has 0 aliphatic heterocycles. The molecule has 0 saturated heterocycles. The fourth-order valence-electron chi connectivity index (χ4n) is 1.74. The van der Waals surface area contributed by atoms with Crippen molar-refractivity contribution in [2.24, 2.45) is 0 Å². The first-order valence-corrected chi connectivity index (χ1v) is 7.17. The number of amides is 1. The molecule has 0 radical (unpaired) electrons. The van der Waals surface area contributed by atoms with Crippen molar-refractivity contribution < 1.29 is 19.2 Å². The third kappa shape index (κ3) is 6.77. The number of carbonyl (C=O) groups excluding carboxylic acids is 2. The summed E-state index contributed by atoms with van der Waals surface area (Å²) in [5.74, 6) is 0. The molecule has 0 spiro atoms. The Bertz CT molecular complexity index is 581. The highest BCUT2D eigenvalue weighted by Crippen LogP contribution is 2.24. The first-order valence-electron chi connectivity index (χ1n) is 7.17. The van der Waals surface area contributed by atoms with Crippen molar-refractivity contribution in [2.75, 3.05) is 18.4 Å². The fourth-order valence-corrected chi connectivity index (χ4v) is 1.74. The van der Waals surface area contributed by atoms with Gasteiger partial charge in [0.2, 0.25) is 0 Å². The highest BCUT2D eigenvalue weighted by atomic mass is 16.6. The Morgan fingerprint density at radius 3 is 2.61 bits per heavy atom. The third-order valence-electron chi connectivity index (χ3n) is 2.69. The van der Waals surface area contributed by atoms with Gasteiger partial charge in [-0.05, 0) is 39.3 Å². The molecule has 0 saturated carbocycles. The van der Waals surface area contributed by atoms with E-state index < -0.39 is 16.6 Å². The van der Waals surface area contributed by atoms with Crippen LogP contribution < -0.4 is 10.6 Å². The van der Waals surface area contributed by atoms with E-state index in [1.54, 1.807) is 20.8 Å². The molecule has 1 amide bonds. The van der Waals surface area contributed by atoms with Gasteiger partial charge in [0.05, 0.1) is 4.92 Å². The van der Waals surface area contributed by atoms with Gasteiger partial charge in [-0.3, -0.25) is 14.9 Å². The van der Waals surface area contributed by atoms with Gasteiger partial charge in [-0.25, -0.2) is 4.79 Å². The Hall–Kier alpha value is -2.64. The molecule has 0 bridgehead atoms. The van der Waals surface area contributed by atoms with Gasteiger partial charge in [0, 0.05) is 24.7 Å². The van der Waals surface area contributed by atoms with E-state index in [0.717, 1.165) is 0 Å². The summed E-state index contributed by atoms with van der Waals surface area (Å²) < 4.78 is 5.09. The zero-order valence-corrected chi connectivity index (χ0v) is 13.4. The molecule has 0 aliphatic rings. The molecule has 2 N–H and O–H groups in total. The van der Waals surface area contributed by atoms with Crippen molar-refractivity contribution in [1.82, 2.24) is 5.32 Å². The smallest absolute Gasteiger partial charge is 0.407 e. The number of aldehydes is 1. The monoisotopic (exact) mass is 323 g/mol. The summed E-state index contributed by atoms with van der Waals surface area (Å²) in [6.45, 7) is 6.13. The van der Waals surface area contributed by atoms with Gasteiger partial charge >= 0.3 is 6.09 Å². The van der Waals surface area contributed by atoms with E-state index in [1.165, 1.54) is 18.2 Å². The topological polar surface area (TPSA) is 111 Å². The van der Waals surface area contributed by atoms with E-state index in [1.807, 2.05) is 0 Å². The average Bonchev–Trinajstić information content (AvgIpc) is 2.45. The summed E-state index contributed by atoms with van der Waals surface area (Å²) in [5, 5.41) is 16.5. The number of nitrogens with one attached hydrogen (secondary N) is 2. The quantitative estimate of drug-likeness (QED) is 0.345. The molecule has 23 heavy (non-hydrogen) atoms. The van der Waals surface area contributed by atoms with Crippen LogP contribution in [-0.2, 0) is 4.74 Å².